The zero-order valence-corrected chi connectivity index (χ0v) is 41.4. The minimum atomic E-state index is -1.99. The molecule has 69 heavy (non-hydrogen) atoms. The Balaban J connectivity index is 1.92. The average Bonchev–Trinajstić information content (AvgIpc) is 3.22. The minimum Gasteiger partial charge on any atom is -0.463 e. The predicted molar refractivity (Wildman–Crippen MR) is 232 cm³/mol. The van der Waals surface area contributed by atoms with Gasteiger partial charge >= 0.3 is 47.8 Å². The molecule has 1 aromatic carbocycles. The first kappa shape index (κ1) is 56.3. The number of ether oxygens (including phenoxy) is 13. The van der Waals surface area contributed by atoms with Crippen molar-refractivity contribution in [3.8, 4) is 0 Å². The van der Waals surface area contributed by atoms with E-state index in [1.807, 2.05) is 0 Å². The topological polar surface area (TPSA) is 277 Å². The summed E-state index contributed by atoms with van der Waals surface area (Å²) >= 11 is 0. The minimum absolute atomic E-state index is 0.0240. The summed E-state index contributed by atoms with van der Waals surface area (Å²) in [5, 5.41) is 11.6. The van der Waals surface area contributed by atoms with Gasteiger partial charge in [-0.3, -0.25) is 33.6 Å². The molecule has 3 fully saturated rings. The Kier molecular flexibility index (Phi) is 18.9. The Bertz CT molecular complexity index is 2000. The number of carbonyl (C=O) groups is 8. The molecule has 4 rings (SSSR count). The van der Waals surface area contributed by atoms with Gasteiger partial charge in [-0.25, -0.2) is 4.79 Å². The van der Waals surface area contributed by atoms with Crippen LogP contribution >= 0.6 is 0 Å². The van der Waals surface area contributed by atoms with Crippen molar-refractivity contribution in [2.24, 2.45) is 16.2 Å². The second-order valence-corrected chi connectivity index (χ2v) is 19.9. The summed E-state index contributed by atoms with van der Waals surface area (Å²) in [5.41, 5.74) is -3.34. The van der Waals surface area contributed by atoms with Crippen molar-refractivity contribution in [3.63, 3.8) is 0 Å². The fourth-order valence-corrected chi connectivity index (χ4v) is 6.98. The standard InChI is InChI=1S/C47H66O22/c1-22-30(66-40-36(69-44(56)47(12,13)14)32(68-43(55)46(9,10)11)29(21-58-40)64-42(54)45(6,7)8)33(35(39(53)59-22)65-38(52)27-18-16-15-17-19-27)67-41-37(62-26(5)51)34(61-25(4)50)31(60-24(3)49)28(63-41)20-57-23(2)48/h15-19,22,28-37,39-41,53H,20-21H2,1-14H3/t22-,28+,29+,30-,31+,32-,33+,34-,35+,36+,37+,39+,40-,41-/m0/s1. The number of rotatable bonds is 14. The number of benzene rings is 1. The van der Waals surface area contributed by atoms with E-state index in [2.05, 4.69) is 0 Å². The SMILES string of the molecule is CC(=O)OC[C@H]1O[C@@H](O[C@@H]2[C@@H](O[C@@H]3OC[C@@H](OC(=O)C(C)(C)C)[C@H](OC(=O)C(C)(C)C)[C@H]3OC(=O)C(C)(C)C)[C@H](C)O[C@@H](O)[C@@H]2OC(=O)c2ccccc2)[C@H](OC(C)=O)[C@@H](OC(C)=O)[C@@H]1OC(C)=O. The first-order valence-corrected chi connectivity index (χ1v) is 22.3. The van der Waals surface area contributed by atoms with Gasteiger partial charge in [-0.05, 0) is 81.4 Å². The molecule has 0 aliphatic carbocycles. The molecule has 0 unspecified atom stereocenters. The van der Waals surface area contributed by atoms with Crippen LogP contribution in [-0.2, 0) is 95.1 Å². The van der Waals surface area contributed by atoms with E-state index in [0.29, 0.717) is 0 Å². The molecule has 3 aliphatic rings. The molecular formula is C47H66O22. The van der Waals surface area contributed by atoms with Crippen LogP contribution in [0.25, 0.3) is 0 Å². The highest BCUT2D eigenvalue weighted by atomic mass is 16.8. The van der Waals surface area contributed by atoms with Crippen molar-refractivity contribution in [1.29, 1.82) is 0 Å². The van der Waals surface area contributed by atoms with Gasteiger partial charge < -0.3 is 66.7 Å². The molecule has 386 valence electrons. The molecule has 3 aliphatic heterocycles. The van der Waals surface area contributed by atoms with Crippen LogP contribution in [0.3, 0.4) is 0 Å². The van der Waals surface area contributed by atoms with Crippen LogP contribution < -0.4 is 0 Å². The first-order valence-electron chi connectivity index (χ1n) is 22.3. The molecule has 0 spiro atoms. The second kappa shape index (κ2) is 23.1. The molecule has 14 atom stereocenters. The maximum atomic E-state index is 13.8. The number of hydrogen-bond donors (Lipinski definition) is 1. The van der Waals surface area contributed by atoms with E-state index in [1.165, 1.54) is 19.1 Å². The van der Waals surface area contributed by atoms with Crippen LogP contribution in [0.1, 0.15) is 107 Å². The molecular weight excluding hydrogens is 916 g/mol. The van der Waals surface area contributed by atoms with Gasteiger partial charge in [-0.15, -0.1) is 0 Å². The summed E-state index contributed by atoms with van der Waals surface area (Å²) in [6.45, 7) is 18.7. The predicted octanol–water partition coefficient (Wildman–Crippen LogP) is 3.03. The fraction of sp³-hybridized carbons (Fsp3) is 0.702. The summed E-state index contributed by atoms with van der Waals surface area (Å²) in [7, 11) is 0. The van der Waals surface area contributed by atoms with Gasteiger partial charge in [0.15, 0.2) is 61.6 Å². The van der Waals surface area contributed by atoms with E-state index in [4.69, 9.17) is 61.6 Å². The maximum absolute atomic E-state index is 13.8. The number of aliphatic hydroxyl groups is 1. The molecule has 1 N–H and O–H groups in total. The van der Waals surface area contributed by atoms with Gasteiger partial charge in [0.2, 0.25) is 0 Å². The molecule has 22 heteroatoms. The van der Waals surface area contributed by atoms with E-state index >= 15 is 0 Å². The number of aliphatic hydroxyl groups excluding tert-OH is 1. The van der Waals surface area contributed by atoms with E-state index in [1.54, 1.807) is 80.5 Å². The lowest BCUT2D eigenvalue weighted by Gasteiger charge is -2.49. The molecule has 0 amide bonds. The molecule has 0 aromatic heterocycles. The molecule has 1 aromatic rings. The highest BCUT2D eigenvalue weighted by Gasteiger charge is 2.58. The summed E-state index contributed by atoms with van der Waals surface area (Å²) < 4.78 is 77.2. The zero-order chi connectivity index (χ0) is 51.9. The Morgan fingerprint density at radius 2 is 1.01 bits per heavy atom. The van der Waals surface area contributed by atoms with Gasteiger partial charge in [-0.2, -0.15) is 0 Å². The Morgan fingerprint density at radius 1 is 0.536 bits per heavy atom. The van der Waals surface area contributed by atoms with Gasteiger partial charge in [0.25, 0.3) is 0 Å². The van der Waals surface area contributed by atoms with Gasteiger partial charge in [-0.1, -0.05) is 18.2 Å². The fourth-order valence-electron chi connectivity index (χ4n) is 6.98. The molecule has 0 radical (unpaired) electrons. The molecule has 22 nitrogen and oxygen atoms in total. The normalized spacial score (nSPS) is 30.7. The smallest absolute Gasteiger partial charge is 0.338 e. The van der Waals surface area contributed by atoms with Gasteiger partial charge in [0.1, 0.15) is 24.9 Å². The lowest BCUT2D eigenvalue weighted by molar-refractivity contribution is -0.375. The number of hydrogen-bond acceptors (Lipinski definition) is 22. The average molecular weight is 983 g/mol. The lowest BCUT2D eigenvalue weighted by Crippen LogP contribution is -2.67. The van der Waals surface area contributed by atoms with Crippen LogP contribution in [0.2, 0.25) is 0 Å². The molecule has 3 saturated heterocycles. The van der Waals surface area contributed by atoms with Crippen LogP contribution in [0, 0.1) is 16.2 Å². The van der Waals surface area contributed by atoms with Crippen molar-refractivity contribution < 1.29 is 105 Å². The largest absolute Gasteiger partial charge is 0.463 e. The zero-order valence-electron chi connectivity index (χ0n) is 41.4. The monoisotopic (exact) mass is 982 g/mol. The Morgan fingerprint density at radius 3 is 1.54 bits per heavy atom. The lowest BCUT2D eigenvalue weighted by atomic mass is 9.94. The third kappa shape index (κ3) is 15.4. The third-order valence-corrected chi connectivity index (χ3v) is 10.5. The number of carbonyl (C=O) groups excluding carboxylic acids is 8. The van der Waals surface area contributed by atoms with Crippen molar-refractivity contribution >= 4 is 47.8 Å². The van der Waals surface area contributed by atoms with Crippen molar-refractivity contribution in [2.75, 3.05) is 13.2 Å². The van der Waals surface area contributed by atoms with Crippen LogP contribution in [-0.4, -0.2) is 152 Å². The van der Waals surface area contributed by atoms with Crippen molar-refractivity contribution in [3.05, 3.63) is 35.9 Å². The quantitative estimate of drug-likeness (QED) is 0.207. The summed E-state index contributed by atoms with van der Waals surface area (Å²) in [6.07, 6.45) is -23.5. The Labute approximate surface area is 400 Å². The van der Waals surface area contributed by atoms with Crippen LogP contribution in [0.15, 0.2) is 30.3 Å². The molecule has 0 saturated carbocycles. The first-order chi connectivity index (χ1) is 31.9. The highest BCUT2D eigenvalue weighted by molar-refractivity contribution is 5.89. The summed E-state index contributed by atoms with van der Waals surface area (Å²) in [5.74, 6) is -6.90. The summed E-state index contributed by atoms with van der Waals surface area (Å²) in [4.78, 5) is 105. The van der Waals surface area contributed by atoms with E-state index in [0.717, 1.165) is 27.7 Å². The Hall–Kier alpha value is -5.26. The van der Waals surface area contributed by atoms with Gasteiger partial charge in [0.05, 0.1) is 34.5 Å². The van der Waals surface area contributed by atoms with Crippen molar-refractivity contribution in [2.45, 2.75) is 183 Å². The van der Waals surface area contributed by atoms with E-state index in [-0.39, 0.29) is 5.56 Å². The van der Waals surface area contributed by atoms with E-state index in [9.17, 15) is 43.5 Å². The maximum Gasteiger partial charge on any atom is 0.338 e. The highest BCUT2D eigenvalue weighted by Crippen LogP contribution is 2.38. The summed E-state index contributed by atoms with van der Waals surface area (Å²) in [6, 6.07) is 7.61. The van der Waals surface area contributed by atoms with E-state index < -0.39 is 163 Å². The van der Waals surface area contributed by atoms with Crippen LogP contribution in [0.4, 0.5) is 0 Å². The molecule has 3 heterocycles. The van der Waals surface area contributed by atoms with Crippen molar-refractivity contribution in [1.82, 2.24) is 0 Å². The number of esters is 8. The third-order valence-electron chi connectivity index (χ3n) is 10.5. The van der Waals surface area contributed by atoms with Gasteiger partial charge in [0, 0.05) is 27.7 Å². The molecule has 0 bridgehead atoms. The van der Waals surface area contributed by atoms with Crippen LogP contribution in [0.5, 0.6) is 0 Å². The second-order valence-electron chi connectivity index (χ2n) is 19.9.